The Bertz CT molecular complexity index is 1030. The van der Waals surface area contributed by atoms with E-state index in [0.29, 0.717) is 0 Å². The van der Waals surface area contributed by atoms with Crippen LogP contribution < -0.4 is 11.0 Å². The summed E-state index contributed by atoms with van der Waals surface area (Å²) >= 11 is 0. The molecule has 0 saturated carbocycles. The normalized spacial score (nSPS) is 10.5. The van der Waals surface area contributed by atoms with Gasteiger partial charge in [0, 0.05) is 24.7 Å². The first-order valence-corrected chi connectivity index (χ1v) is 7.18. The van der Waals surface area contributed by atoms with Crippen LogP contribution in [-0.2, 0) is 7.05 Å². The van der Waals surface area contributed by atoms with E-state index in [4.69, 9.17) is 5.26 Å². The SMILES string of the molecule is Cc1c(/C=N/NC(=O)c2cccc([N+](=O)[O-])c2)c(O)n(C)c(=O)c1C#N. The topological polar surface area (TPSA) is 151 Å². The number of aromatic hydroxyl groups is 1. The number of rotatable bonds is 4. The molecule has 1 heterocycles. The lowest BCUT2D eigenvalue weighted by Crippen LogP contribution is -2.23. The molecule has 0 unspecified atom stereocenters. The van der Waals surface area contributed by atoms with E-state index in [-0.39, 0.29) is 27.9 Å². The zero-order chi connectivity index (χ0) is 19.4. The molecule has 132 valence electrons. The van der Waals surface area contributed by atoms with Gasteiger partial charge in [-0.15, -0.1) is 0 Å². The van der Waals surface area contributed by atoms with Gasteiger partial charge in [0.1, 0.15) is 11.6 Å². The highest BCUT2D eigenvalue weighted by Gasteiger charge is 2.16. The highest BCUT2D eigenvalue weighted by atomic mass is 16.6. The molecule has 1 aromatic carbocycles. The summed E-state index contributed by atoms with van der Waals surface area (Å²) in [4.78, 5) is 34.0. The zero-order valence-corrected chi connectivity index (χ0v) is 13.8. The first kappa shape index (κ1) is 18.3. The van der Waals surface area contributed by atoms with Gasteiger partial charge in [-0.2, -0.15) is 10.4 Å². The van der Waals surface area contributed by atoms with Crippen LogP contribution in [0.25, 0.3) is 0 Å². The maximum Gasteiger partial charge on any atom is 0.271 e. The molecule has 2 N–H and O–H groups in total. The number of nitriles is 1. The smallest absolute Gasteiger partial charge is 0.271 e. The number of hydrogen-bond donors (Lipinski definition) is 2. The third-order valence-electron chi connectivity index (χ3n) is 3.65. The summed E-state index contributed by atoms with van der Waals surface area (Å²) in [6.45, 7) is 1.46. The number of benzene rings is 1. The number of nitro benzene ring substituents is 1. The van der Waals surface area contributed by atoms with Gasteiger partial charge in [-0.1, -0.05) is 6.07 Å². The van der Waals surface area contributed by atoms with Crippen LogP contribution in [0.2, 0.25) is 0 Å². The number of pyridine rings is 1. The molecular weight excluding hydrogens is 342 g/mol. The average molecular weight is 355 g/mol. The summed E-state index contributed by atoms with van der Waals surface area (Å²) in [5.74, 6) is -1.12. The first-order valence-electron chi connectivity index (χ1n) is 7.18. The van der Waals surface area contributed by atoms with Gasteiger partial charge in [0.05, 0.1) is 16.7 Å². The highest BCUT2D eigenvalue weighted by molar-refractivity contribution is 5.95. The number of nitrogens with zero attached hydrogens (tertiary/aromatic N) is 4. The predicted molar refractivity (Wildman–Crippen MR) is 91.0 cm³/mol. The first-order chi connectivity index (χ1) is 12.3. The minimum Gasteiger partial charge on any atom is -0.494 e. The summed E-state index contributed by atoms with van der Waals surface area (Å²) in [6.07, 6.45) is 1.08. The third kappa shape index (κ3) is 3.41. The number of carbonyl (C=O) groups is 1. The van der Waals surface area contributed by atoms with E-state index < -0.39 is 22.3 Å². The molecule has 2 aromatic rings. The van der Waals surface area contributed by atoms with E-state index in [9.17, 15) is 24.8 Å². The van der Waals surface area contributed by atoms with Crippen molar-refractivity contribution in [1.82, 2.24) is 9.99 Å². The second kappa shape index (κ2) is 7.27. The average Bonchev–Trinajstić information content (AvgIpc) is 2.63. The Kier molecular flexibility index (Phi) is 5.13. The third-order valence-corrected chi connectivity index (χ3v) is 3.65. The van der Waals surface area contributed by atoms with Crippen molar-refractivity contribution in [2.24, 2.45) is 12.1 Å². The van der Waals surface area contributed by atoms with Crippen LogP contribution in [0.3, 0.4) is 0 Å². The van der Waals surface area contributed by atoms with Crippen molar-refractivity contribution in [2.75, 3.05) is 0 Å². The van der Waals surface area contributed by atoms with E-state index in [2.05, 4.69) is 10.5 Å². The summed E-state index contributed by atoms with van der Waals surface area (Å²) in [5, 5.41) is 33.5. The second-order valence-corrected chi connectivity index (χ2v) is 5.22. The molecule has 0 aliphatic heterocycles. The molecule has 0 atom stereocenters. The van der Waals surface area contributed by atoms with Crippen LogP contribution >= 0.6 is 0 Å². The maximum atomic E-state index is 12.0. The van der Waals surface area contributed by atoms with Crippen LogP contribution in [-0.4, -0.2) is 26.7 Å². The monoisotopic (exact) mass is 355 g/mol. The molecule has 0 radical (unpaired) electrons. The maximum absolute atomic E-state index is 12.0. The Balaban J connectivity index is 2.29. The quantitative estimate of drug-likeness (QED) is 0.473. The second-order valence-electron chi connectivity index (χ2n) is 5.22. The van der Waals surface area contributed by atoms with E-state index in [0.717, 1.165) is 16.8 Å². The van der Waals surface area contributed by atoms with Crippen LogP contribution in [0, 0.1) is 28.4 Å². The van der Waals surface area contributed by atoms with Crippen LogP contribution in [0.15, 0.2) is 34.2 Å². The fraction of sp³-hybridized carbons (Fsp3) is 0.125. The number of amides is 1. The number of nitrogens with one attached hydrogen (secondary N) is 1. The van der Waals surface area contributed by atoms with Crippen molar-refractivity contribution in [3.05, 3.63) is 67.0 Å². The minimum absolute atomic E-state index is 0.0236. The standard InChI is InChI=1S/C16H13N5O5/c1-9-12(7-17)15(23)20(2)16(24)13(9)8-18-19-14(22)10-4-3-5-11(6-10)21(25)26/h3-6,8,24H,1-2H3,(H,19,22)/b18-8+. The van der Waals surface area contributed by atoms with Gasteiger partial charge in [0.25, 0.3) is 17.2 Å². The molecule has 2 rings (SSSR count). The van der Waals surface area contributed by atoms with E-state index in [1.165, 1.54) is 32.2 Å². The molecule has 0 saturated heterocycles. The van der Waals surface area contributed by atoms with Crippen molar-refractivity contribution in [3.63, 3.8) is 0 Å². The van der Waals surface area contributed by atoms with Gasteiger partial charge in [0.15, 0.2) is 0 Å². The van der Waals surface area contributed by atoms with Crippen LogP contribution in [0.1, 0.15) is 27.0 Å². The van der Waals surface area contributed by atoms with E-state index in [1.54, 1.807) is 6.07 Å². The fourth-order valence-corrected chi connectivity index (χ4v) is 2.17. The largest absolute Gasteiger partial charge is 0.494 e. The van der Waals surface area contributed by atoms with Crippen molar-refractivity contribution >= 4 is 17.8 Å². The van der Waals surface area contributed by atoms with Crippen LogP contribution in [0.5, 0.6) is 5.88 Å². The Morgan fingerprint density at radius 3 is 2.81 bits per heavy atom. The fourth-order valence-electron chi connectivity index (χ4n) is 2.17. The van der Waals surface area contributed by atoms with Gasteiger partial charge in [0.2, 0.25) is 5.88 Å². The number of non-ortho nitro benzene ring substituents is 1. The molecule has 0 fully saturated rings. The lowest BCUT2D eigenvalue weighted by Gasteiger charge is -2.09. The number of carbonyl (C=O) groups excluding carboxylic acids is 1. The molecule has 1 aromatic heterocycles. The Morgan fingerprint density at radius 2 is 2.19 bits per heavy atom. The minimum atomic E-state index is -0.701. The van der Waals surface area contributed by atoms with Crippen molar-refractivity contribution in [3.8, 4) is 11.9 Å². The number of hydrogen-bond acceptors (Lipinski definition) is 7. The molecule has 26 heavy (non-hydrogen) atoms. The van der Waals surface area contributed by atoms with Gasteiger partial charge >= 0.3 is 0 Å². The molecule has 10 nitrogen and oxygen atoms in total. The van der Waals surface area contributed by atoms with Crippen LogP contribution in [0.4, 0.5) is 5.69 Å². The molecule has 0 spiro atoms. The summed E-state index contributed by atoms with van der Waals surface area (Å²) < 4.78 is 0.884. The summed E-state index contributed by atoms with van der Waals surface area (Å²) in [6, 6.07) is 6.83. The predicted octanol–water partition coefficient (Wildman–Crippen LogP) is 0.943. The van der Waals surface area contributed by atoms with Gasteiger partial charge < -0.3 is 5.11 Å². The van der Waals surface area contributed by atoms with E-state index >= 15 is 0 Å². The lowest BCUT2D eigenvalue weighted by atomic mass is 10.1. The molecular formula is C16H13N5O5. The molecule has 0 aliphatic carbocycles. The molecule has 10 heteroatoms. The molecule has 1 amide bonds. The van der Waals surface area contributed by atoms with Crippen molar-refractivity contribution < 1.29 is 14.8 Å². The number of aromatic nitrogens is 1. The Labute approximate surface area is 146 Å². The van der Waals surface area contributed by atoms with Gasteiger partial charge in [-0.25, -0.2) is 5.43 Å². The zero-order valence-electron chi connectivity index (χ0n) is 13.8. The number of hydrazone groups is 1. The van der Waals surface area contributed by atoms with Gasteiger partial charge in [-0.3, -0.25) is 24.3 Å². The summed E-state index contributed by atoms with van der Waals surface area (Å²) in [5.41, 5.74) is 1.43. The Morgan fingerprint density at radius 1 is 1.50 bits per heavy atom. The lowest BCUT2D eigenvalue weighted by molar-refractivity contribution is -0.384. The van der Waals surface area contributed by atoms with E-state index in [1.807, 2.05) is 0 Å². The van der Waals surface area contributed by atoms with Gasteiger partial charge in [-0.05, 0) is 18.6 Å². The number of nitro groups is 1. The highest BCUT2D eigenvalue weighted by Crippen LogP contribution is 2.18. The van der Waals surface area contributed by atoms with Crippen molar-refractivity contribution in [1.29, 1.82) is 5.26 Å². The molecule has 0 aliphatic rings. The molecule has 0 bridgehead atoms. The Hall–Kier alpha value is -4.00. The van der Waals surface area contributed by atoms with Crippen molar-refractivity contribution in [2.45, 2.75) is 6.92 Å². The summed E-state index contributed by atoms with van der Waals surface area (Å²) in [7, 11) is 1.29.